The summed E-state index contributed by atoms with van der Waals surface area (Å²) in [4.78, 5) is 17.7. The average molecular weight is 454 g/mol. The maximum atomic E-state index is 13.6. The molecule has 1 N–H and O–H groups in total. The number of amidine groups is 1. The van der Waals surface area contributed by atoms with Gasteiger partial charge in [0.15, 0.2) is 5.17 Å². The molecule has 31 heavy (non-hydrogen) atoms. The number of aliphatic imine (C=N–C) groups is 1. The molecule has 4 rings (SSSR count). The Labute approximate surface area is 189 Å². The molecule has 1 aliphatic rings. The molecule has 1 aromatic heterocycles. The molecule has 4 nitrogen and oxygen atoms in total. The molecule has 0 bridgehead atoms. The molecule has 1 saturated heterocycles. The number of nitrogens with zero attached hydrogens (tertiary/aromatic N) is 2. The maximum Gasteiger partial charge on any atom is 0.264 e. The summed E-state index contributed by atoms with van der Waals surface area (Å²) in [5.74, 6) is -0.631. The van der Waals surface area contributed by atoms with Crippen LogP contribution in [0.5, 0.6) is 0 Å². The van der Waals surface area contributed by atoms with Crippen molar-refractivity contribution in [2.45, 2.75) is 27.7 Å². The lowest BCUT2D eigenvalue weighted by atomic mass is 10.1. The minimum atomic E-state index is -0.454. The Morgan fingerprint density at radius 3 is 2.65 bits per heavy atom. The summed E-state index contributed by atoms with van der Waals surface area (Å²) >= 11 is 7.28. The molecule has 7 heteroatoms. The van der Waals surface area contributed by atoms with E-state index in [4.69, 9.17) is 11.6 Å². The molecule has 3 aromatic rings. The Morgan fingerprint density at radius 2 is 1.90 bits per heavy atom. The second-order valence-corrected chi connectivity index (χ2v) is 8.90. The number of aromatic nitrogens is 1. The molecule has 1 fully saturated rings. The summed E-state index contributed by atoms with van der Waals surface area (Å²) in [6.07, 6.45) is 1.86. The van der Waals surface area contributed by atoms with Gasteiger partial charge in [0.2, 0.25) is 0 Å². The molecule has 0 aliphatic carbocycles. The normalized spacial score (nSPS) is 16.4. The Morgan fingerprint density at radius 1 is 1.13 bits per heavy atom. The first-order valence-corrected chi connectivity index (χ1v) is 10.9. The summed E-state index contributed by atoms with van der Waals surface area (Å²) in [6, 6.07) is 12.6. The fourth-order valence-corrected chi connectivity index (χ4v) is 4.54. The van der Waals surface area contributed by atoms with Crippen molar-refractivity contribution in [1.29, 1.82) is 0 Å². The van der Waals surface area contributed by atoms with Crippen LogP contribution in [-0.2, 0) is 4.79 Å². The molecule has 158 valence electrons. The average Bonchev–Trinajstić information content (AvgIpc) is 3.20. The minimum absolute atomic E-state index is 0.0722. The smallest absolute Gasteiger partial charge is 0.264 e. The van der Waals surface area contributed by atoms with Crippen molar-refractivity contribution in [3.05, 3.63) is 86.3 Å². The van der Waals surface area contributed by atoms with Crippen LogP contribution in [-0.4, -0.2) is 15.6 Å². The van der Waals surface area contributed by atoms with Gasteiger partial charge in [-0.25, -0.2) is 9.38 Å². The topological polar surface area (TPSA) is 46.4 Å². The van der Waals surface area contributed by atoms with Crippen molar-refractivity contribution < 1.29 is 9.18 Å². The molecule has 0 saturated carbocycles. The zero-order valence-corrected chi connectivity index (χ0v) is 19.2. The summed E-state index contributed by atoms with van der Waals surface area (Å²) in [5.41, 5.74) is 6.65. The van der Waals surface area contributed by atoms with Crippen LogP contribution in [0.25, 0.3) is 11.8 Å². The lowest BCUT2D eigenvalue weighted by Gasteiger charge is -2.10. The third kappa shape index (κ3) is 4.18. The van der Waals surface area contributed by atoms with Gasteiger partial charge in [-0.3, -0.25) is 4.79 Å². The van der Waals surface area contributed by atoms with Crippen LogP contribution in [0.4, 0.5) is 10.1 Å². The maximum absolute atomic E-state index is 13.6. The van der Waals surface area contributed by atoms with E-state index >= 15 is 0 Å². The lowest BCUT2D eigenvalue weighted by molar-refractivity contribution is -0.115. The van der Waals surface area contributed by atoms with Crippen LogP contribution in [0.15, 0.2) is 52.4 Å². The second kappa shape index (κ2) is 8.36. The number of amides is 1. The standard InChI is InChI=1S/C24H21ClFN3OS/c1-13-6-5-7-21(15(13)3)27-24-28-23(30)22(31-24)11-17-10-14(2)29(16(17)4)18-8-9-20(26)19(25)12-18/h5-12H,1-4H3,(H,27,28,30). The highest BCUT2D eigenvalue weighted by molar-refractivity contribution is 8.18. The van der Waals surface area contributed by atoms with E-state index in [2.05, 4.69) is 10.3 Å². The Hall–Kier alpha value is -2.83. The third-order valence-electron chi connectivity index (χ3n) is 5.37. The molecule has 0 radical (unpaired) electrons. The summed E-state index contributed by atoms with van der Waals surface area (Å²) in [6.45, 7) is 7.97. The predicted octanol–water partition coefficient (Wildman–Crippen LogP) is 6.40. The molecule has 1 aliphatic heterocycles. The van der Waals surface area contributed by atoms with Crippen LogP contribution in [0, 0.1) is 33.5 Å². The first-order valence-electron chi connectivity index (χ1n) is 9.75. The Bertz CT molecular complexity index is 1280. The van der Waals surface area contributed by atoms with Crippen LogP contribution in [0.2, 0.25) is 5.02 Å². The highest BCUT2D eigenvalue weighted by atomic mass is 35.5. The quantitative estimate of drug-likeness (QED) is 0.466. The van der Waals surface area contributed by atoms with Crippen molar-refractivity contribution in [2.75, 3.05) is 0 Å². The molecule has 0 unspecified atom stereocenters. The zero-order valence-electron chi connectivity index (χ0n) is 17.6. The van der Waals surface area contributed by atoms with Crippen molar-refractivity contribution in [3.8, 4) is 5.69 Å². The molecule has 0 spiro atoms. The number of halogens is 2. The third-order valence-corrected chi connectivity index (χ3v) is 6.57. The number of nitrogens with one attached hydrogen (secondary N) is 1. The number of thioether (sulfide) groups is 1. The lowest BCUT2D eigenvalue weighted by Crippen LogP contribution is -2.19. The number of benzene rings is 2. The van der Waals surface area contributed by atoms with Crippen LogP contribution < -0.4 is 5.32 Å². The SMILES string of the molecule is Cc1cccc(N=C2NC(=O)C(=Cc3cc(C)n(-c4ccc(F)c(Cl)c4)c3C)S2)c1C. The van der Waals surface area contributed by atoms with E-state index in [0.29, 0.717) is 10.1 Å². The van der Waals surface area contributed by atoms with Crippen molar-refractivity contribution >= 4 is 46.2 Å². The first kappa shape index (κ1) is 21.4. The second-order valence-electron chi connectivity index (χ2n) is 7.46. The fourth-order valence-electron chi connectivity index (χ4n) is 3.54. The van der Waals surface area contributed by atoms with Gasteiger partial charge in [-0.2, -0.15) is 0 Å². The van der Waals surface area contributed by atoms with Gasteiger partial charge in [0.1, 0.15) is 5.82 Å². The van der Waals surface area contributed by atoms with Crippen LogP contribution >= 0.6 is 23.4 Å². The van der Waals surface area contributed by atoms with Crippen molar-refractivity contribution in [2.24, 2.45) is 4.99 Å². The van der Waals surface area contributed by atoms with Gasteiger partial charge in [-0.15, -0.1) is 0 Å². The van der Waals surface area contributed by atoms with Gasteiger partial charge in [0, 0.05) is 17.1 Å². The van der Waals surface area contributed by atoms with E-state index in [9.17, 15) is 9.18 Å². The molecule has 2 aromatic carbocycles. The van der Waals surface area contributed by atoms with Gasteiger partial charge in [-0.05, 0) is 92.6 Å². The van der Waals surface area contributed by atoms with Crippen LogP contribution in [0.3, 0.4) is 0 Å². The summed E-state index contributed by atoms with van der Waals surface area (Å²) in [7, 11) is 0. The van der Waals surface area contributed by atoms with E-state index < -0.39 is 5.82 Å². The van der Waals surface area contributed by atoms with Gasteiger partial charge in [0.05, 0.1) is 15.6 Å². The zero-order chi connectivity index (χ0) is 22.3. The summed E-state index contributed by atoms with van der Waals surface area (Å²) in [5, 5.41) is 3.48. The number of hydrogen-bond donors (Lipinski definition) is 1. The van der Waals surface area contributed by atoms with E-state index in [1.807, 2.05) is 62.6 Å². The van der Waals surface area contributed by atoms with Crippen molar-refractivity contribution in [3.63, 3.8) is 0 Å². The fraction of sp³-hybridized carbons (Fsp3) is 0.167. The number of hydrogen-bond acceptors (Lipinski definition) is 3. The molecule has 2 heterocycles. The van der Waals surface area contributed by atoms with Gasteiger partial charge < -0.3 is 9.88 Å². The van der Waals surface area contributed by atoms with Crippen molar-refractivity contribution in [1.82, 2.24) is 9.88 Å². The Balaban J connectivity index is 1.66. The van der Waals surface area contributed by atoms with Gasteiger partial charge >= 0.3 is 0 Å². The first-order chi connectivity index (χ1) is 14.7. The largest absolute Gasteiger partial charge is 0.318 e. The summed E-state index contributed by atoms with van der Waals surface area (Å²) < 4.78 is 15.6. The molecular formula is C24H21ClFN3OS. The number of carbonyl (C=O) groups is 1. The van der Waals surface area contributed by atoms with E-state index in [0.717, 1.165) is 39.5 Å². The van der Waals surface area contributed by atoms with Crippen LogP contribution in [0.1, 0.15) is 28.1 Å². The molecular weight excluding hydrogens is 433 g/mol. The number of rotatable bonds is 3. The highest BCUT2D eigenvalue weighted by Gasteiger charge is 2.25. The number of carbonyl (C=O) groups excluding carboxylic acids is 1. The van der Waals surface area contributed by atoms with Gasteiger partial charge in [0.25, 0.3) is 5.91 Å². The highest BCUT2D eigenvalue weighted by Crippen LogP contribution is 2.32. The van der Waals surface area contributed by atoms with Gasteiger partial charge in [-0.1, -0.05) is 23.7 Å². The van der Waals surface area contributed by atoms with E-state index in [1.54, 1.807) is 12.1 Å². The number of aryl methyl sites for hydroxylation is 2. The minimum Gasteiger partial charge on any atom is -0.318 e. The Kier molecular flexibility index (Phi) is 5.77. The monoisotopic (exact) mass is 453 g/mol. The van der Waals surface area contributed by atoms with E-state index in [-0.39, 0.29) is 10.9 Å². The molecule has 0 atom stereocenters. The molecule has 1 amide bonds. The predicted molar refractivity (Wildman–Crippen MR) is 127 cm³/mol. The van der Waals surface area contributed by atoms with E-state index in [1.165, 1.54) is 17.8 Å².